The first kappa shape index (κ1) is 16.4. The number of alkyl halides is 1. The van der Waals surface area contributed by atoms with Gasteiger partial charge in [0, 0.05) is 10.9 Å². The number of rotatable bonds is 8. The van der Waals surface area contributed by atoms with Gasteiger partial charge in [0.15, 0.2) is 0 Å². The van der Waals surface area contributed by atoms with Crippen LogP contribution in [0.3, 0.4) is 0 Å². The quantitative estimate of drug-likeness (QED) is 0.696. The van der Waals surface area contributed by atoms with E-state index in [9.17, 15) is 8.42 Å². The summed E-state index contributed by atoms with van der Waals surface area (Å²) in [5.41, 5.74) is -0.417. The standard InChI is InChI=1S/C10H22BrNO3S/c1-9(2)15-7-8-16(13,14)12-10(3,4)5-6-11/h9,12H,5-8H2,1-4H3. The van der Waals surface area contributed by atoms with Gasteiger partial charge in [-0.25, -0.2) is 13.1 Å². The van der Waals surface area contributed by atoms with E-state index in [0.717, 1.165) is 11.8 Å². The predicted octanol–water partition coefficient (Wildman–Crippen LogP) is 1.89. The lowest BCUT2D eigenvalue weighted by Gasteiger charge is -2.25. The lowest BCUT2D eigenvalue weighted by molar-refractivity contribution is 0.0910. The summed E-state index contributed by atoms with van der Waals surface area (Å²) in [7, 11) is -3.25. The van der Waals surface area contributed by atoms with Crippen LogP contribution in [0.1, 0.15) is 34.1 Å². The Morgan fingerprint density at radius 2 is 1.94 bits per heavy atom. The zero-order valence-electron chi connectivity index (χ0n) is 10.4. The molecule has 0 aromatic heterocycles. The average Bonchev–Trinajstić information content (AvgIpc) is 1.99. The molecule has 0 saturated carbocycles. The van der Waals surface area contributed by atoms with Crippen molar-refractivity contribution in [1.29, 1.82) is 0 Å². The first-order chi connectivity index (χ1) is 7.18. The van der Waals surface area contributed by atoms with Gasteiger partial charge in [0.05, 0.1) is 18.5 Å². The normalized spacial score (nSPS) is 13.4. The molecule has 0 heterocycles. The molecule has 4 nitrogen and oxygen atoms in total. The molecule has 0 aliphatic heterocycles. The van der Waals surface area contributed by atoms with E-state index in [4.69, 9.17) is 4.74 Å². The van der Waals surface area contributed by atoms with Crippen LogP contribution in [-0.4, -0.2) is 37.8 Å². The molecule has 0 aliphatic rings. The molecule has 0 rings (SSSR count). The number of hydrogen-bond acceptors (Lipinski definition) is 3. The summed E-state index contributed by atoms with van der Waals surface area (Å²) in [5, 5.41) is 0.769. The number of halogens is 1. The molecule has 0 bridgehead atoms. The van der Waals surface area contributed by atoms with E-state index in [0.29, 0.717) is 0 Å². The van der Waals surface area contributed by atoms with E-state index in [2.05, 4.69) is 20.7 Å². The maximum atomic E-state index is 11.7. The van der Waals surface area contributed by atoms with Crippen molar-refractivity contribution in [2.75, 3.05) is 17.7 Å². The van der Waals surface area contributed by atoms with Crippen LogP contribution >= 0.6 is 15.9 Å². The summed E-state index contributed by atoms with van der Waals surface area (Å²) in [6.07, 6.45) is 0.808. The highest BCUT2D eigenvalue weighted by atomic mass is 79.9. The van der Waals surface area contributed by atoms with Gasteiger partial charge < -0.3 is 4.74 Å². The zero-order chi connectivity index (χ0) is 12.8. The predicted molar refractivity (Wildman–Crippen MR) is 70.5 cm³/mol. The lowest BCUT2D eigenvalue weighted by Crippen LogP contribution is -2.45. The first-order valence-corrected chi connectivity index (χ1v) is 8.15. The molecular weight excluding hydrogens is 294 g/mol. The minimum atomic E-state index is -3.25. The Kier molecular flexibility index (Phi) is 7.09. The van der Waals surface area contributed by atoms with Crippen molar-refractivity contribution < 1.29 is 13.2 Å². The first-order valence-electron chi connectivity index (χ1n) is 5.38. The third kappa shape index (κ3) is 8.50. The van der Waals surface area contributed by atoms with Gasteiger partial charge in [0.2, 0.25) is 10.0 Å². The maximum absolute atomic E-state index is 11.7. The van der Waals surface area contributed by atoms with Crippen LogP contribution in [0.25, 0.3) is 0 Å². The SMILES string of the molecule is CC(C)OCCS(=O)(=O)NC(C)(C)CCBr. The number of nitrogens with one attached hydrogen (secondary N) is 1. The molecule has 0 aromatic rings. The topological polar surface area (TPSA) is 55.4 Å². The molecule has 16 heavy (non-hydrogen) atoms. The van der Waals surface area contributed by atoms with Crippen molar-refractivity contribution >= 4 is 26.0 Å². The highest BCUT2D eigenvalue weighted by Crippen LogP contribution is 2.11. The molecule has 1 N–H and O–H groups in total. The minimum absolute atomic E-state index is 0.0108. The van der Waals surface area contributed by atoms with Crippen LogP contribution < -0.4 is 4.72 Å². The summed E-state index contributed by atoms with van der Waals surface area (Å²) >= 11 is 3.30. The molecule has 0 saturated heterocycles. The smallest absolute Gasteiger partial charge is 0.214 e. The average molecular weight is 316 g/mol. The van der Waals surface area contributed by atoms with Gasteiger partial charge in [0.1, 0.15) is 0 Å². The third-order valence-corrected chi connectivity index (χ3v) is 3.92. The van der Waals surface area contributed by atoms with Crippen molar-refractivity contribution in [3.05, 3.63) is 0 Å². The molecule has 6 heteroatoms. The van der Waals surface area contributed by atoms with E-state index < -0.39 is 15.6 Å². The number of sulfonamides is 1. The summed E-state index contributed by atoms with van der Waals surface area (Å²) < 4.78 is 31.3. The van der Waals surface area contributed by atoms with E-state index in [-0.39, 0.29) is 18.5 Å². The minimum Gasteiger partial charge on any atom is -0.378 e. The third-order valence-electron chi connectivity index (χ3n) is 1.95. The van der Waals surface area contributed by atoms with Crippen LogP contribution in [0.2, 0.25) is 0 Å². The lowest BCUT2D eigenvalue weighted by atomic mass is 10.0. The molecule has 0 amide bonds. The second-order valence-corrected chi connectivity index (χ2v) is 7.30. The Morgan fingerprint density at radius 1 is 1.38 bits per heavy atom. The van der Waals surface area contributed by atoms with Gasteiger partial charge in [-0.3, -0.25) is 0 Å². The van der Waals surface area contributed by atoms with Crippen LogP contribution in [0.4, 0.5) is 0 Å². The van der Waals surface area contributed by atoms with Crippen LogP contribution in [0.15, 0.2) is 0 Å². The fourth-order valence-electron chi connectivity index (χ4n) is 1.15. The second-order valence-electron chi connectivity index (χ2n) is 4.66. The molecule has 0 aliphatic carbocycles. The molecule has 0 aromatic carbocycles. The summed E-state index contributed by atoms with van der Waals surface area (Å²) in [6, 6.07) is 0. The Hall–Kier alpha value is 0.350. The van der Waals surface area contributed by atoms with Gasteiger partial charge in [-0.05, 0) is 34.1 Å². The summed E-state index contributed by atoms with van der Waals surface area (Å²) in [6.45, 7) is 7.74. The van der Waals surface area contributed by atoms with E-state index in [1.54, 1.807) is 0 Å². The van der Waals surface area contributed by atoms with Crippen LogP contribution in [0, 0.1) is 0 Å². The summed E-state index contributed by atoms with van der Waals surface area (Å²) in [5.74, 6) is 0.0108. The van der Waals surface area contributed by atoms with E-state index in [1.807, 2.05) is 27.7 Å². The Bertz CT molecular complexity index is 288. The molecule has 98 valence electrons. The van der Waals surface area contributed by atoms with Gasteiger partial charge >= 0.3 is 0 Å². The van der Waals surface area contributed by atoms with Crippen molar-refractivity contribution in [3.8, 4) is 0 Å². The van der Waals surface area contributed by atoms with Gasteiger partial charge in [-0.1, -0.05) is 15.9 Å². The molecule has 0 spiro atoms. The molecular formula is C10H22BrNO3S. The largest absolute Gasteiger partial charge is 0.378 e. The fraction of sp³-hybridized carbons (Fsp3) is 1.00. The second kappa shape index (κ2) is 6.93. The van der Waals surface area contributed by atoms with Gasteiger partial charge in [0.25, 0.3) is 0 Å². The van der Waals surface area contributed by atoms with Crippen molar-refractivity contribution in [2.24, 2.45) is 0 Å². The molecule has 0 radical (unpaired) electrons. The van der Waals surface area contributed by atoms with Crippen molar-refractivity contribution in [3.63, 3.8) is 0 Å². The Labute approximate surface area is 107 Å². The molecule has 0 fully saturated rings. The molecule has 0 atom stereocenters. The summed E-state index contributed by atoms with van der Waals surface area (Å²) in [4.78, 5) is 0. The highest BCUT2D eigenvalue weighted by Gasteiger charge is 2.23. The van der Waals surface area contributed by atoms with Gasteiger partial charge in [-0.15, -0.1) is 0 Å². The van der Waals surface area contributed by atoms with Crippen molar-refractivity contribution in [2.45, 2.75) is 45.8 Å². The Balaban J connectivity index is 4.14. The van der Waals surface area contributed by atoms with Crippen molar-refractivity contribution in [1.82, 2.24) is 4.72 Å². The zero-order valence-corrected chi connectivity index (χ0v) is 12.8. The van der Waals surface area contributed by atoms with Crippen LogP contribution in [-0.2, 0) is 14.8 Å². The van der Waals surface area contributed by atoms with E-state index >= 15 is 0 Å². The van der Waals surface area contributed by atoms with Gasteiger partial charge in [-0.2, -0.15) is 0 Å². The fourth-order valence-corrected chi connectivity index (χ4v) is 3.51. The molecule has 0 unspecified atom stereocenters. The number of ether oxygens (including phenoxy) is 1. The monoisotopic (exact) mass is 315 g/mol. The number of hydrogen-bond donors (Lipinski definition) is 1. The maximum Gasteiger partial charge on any atom is 0.214 e. The Morgan fingerprint density at radius 3 is 2.38 bits per heavy atom. The van der Waals surface area contributed by atoms with Crippen LogP contribution in [0.5, 0.6) is 0 Å². The van der Waals surface area contributed by atoms with E-state index in [1.165, 1.54) is 0 Å². The highest BCUT2D eigenvalue weighted by molar-refractivity contribution is 9.09.